The van der Waals surface area contributed by atoms with E-state index >= 15 is 0 Å². The molecule has 0 bridgehead atoms. The van der Waals surface area contributed by atoms with E-state index in [1.54, 1.807) is 19.2 Å². The molecule has 0 saturated heterocycles. The number of aromatic nitrogens is 3. The third kappa shape index (κ3) is 4.38. The summed E-state index contributed by atoms with van der Waals surface area (Å²) in [6.07, 6.45) is 0.770. The van der Waals surface area contributed by atoms with E-state index in [9.17, 15) is 5.11 Å². The molecule has 0 amide bonds. The minimum atomic E-state index is 0.248. The van der Waals surface area contributed by atoms with Crippen LogP contribution in [0.5, 0.6) is 17.5 Å². The third-order valence-corrected chi connectivity index (χ3v) is 3.78. The van der Waals surface area contributed by atoms with Crippen LogP contribution in [0.4, 0.5) is 5.95 Å². The zero-order valence-electron chi connectivity index (χ0n) is 14.6. The van der Waals surface area contributed by atoms with E-state index in [-0.39, 0.29) is 11.8 Å². The molecule has 0 aliphatic rings. The lowest BCUT2D eigenvalue weighted by molar-refractivity contribution is 0.379. The second-order valence-corrected chi connectivity index (χ2v) is 5.54. The Labute approximate surface area is 151 Å². The smallest absolute Gasteiger partial charge is 0.321 e. The lowest BCUT2D eigenvalue weighted by Crippen LogP contribution is -2.10. The summed E-state index contributed by atoms with van der Waals surface area (Å²) in [5.41, 5.74) is 1.94. The van der Waals surface area contributed by atoms with Gasteiger partial charge in [0.1, 0.15) is 11.5 Å². The van der Waals surface area contributed by atoms with Gasteiger partial charge in [0.25, 0.3) is 0 Å². The van der Waals surface area contributed by atoms with Crippen molar-refractivity contribution >= 4 is 5.95 Å². The summed E-state index contributed by atoms with van der Waals surface area (Å²) in [6, 6.07) is 14.8. The highest BCUT2D eigenvalue weighted by molar-refractivity contribution is 5.57. The standard InChI is InChI=1S/C19H20N4O3/c1-25-16-9-5-14(6-10-16)17-21-18(23-19(22-17)26-2)20-12-11-13-3-7-15(24)8-4-13/h3-10,24H,11-12H2,1-2H3,(H,20,21,22,23). The highest BCUT2D eigenvalue weighted by Crippen LogP contribution is 2.21. The molecule has 0 fully saturated rings. The van der Waals surface area contributed by atoms with Crippen LogP contribution in [0.1, 0.15) is 5.56 Å². The number of anilines is 1. The first-order chi connectivity index (χ1) is 12.7. The molecule has 1 aromatic heterocycles. The molecule has 3 rings (SSSR count). The lowest BCUT2D eigenvalue weighted by Gasteiger charge is -2.09. The fourth-order valence-electron chi connectivity index (χ4n) is 2.38. The van der Waals surface area contributed by atoms with Crippen LogP contribution in [0.2, 0.25) is 0 Å². The molecule has 2 aromatic carbocycles. The van der Waals surface area contributed by atoms with Gasteiger partial charge in [-0.15, -0.1) is 0 Å². The molecule has 0 unspecified atom stereocenters. The normalized spacial score (nSPS) is 10.4. The maximum Gasteiger partial charge on any atom is 0.321 e. The third-order valence-electron chi connectivity index (χ3n) is 3.78. The maximum absolute atomic E-state index is 9.33. The number of nitrogens with one attached hydrogen (secondary N) is 1. The Kier molecular flexibility index (Phi) is 5.48. The second-order valence-electron chi connectivity index (χ2n) is 5.54. The Balaban J connectivity index is 1.73. The molecule has 2 N–H and O–H groups in total. The van der Waals surface area contributed by atoms with Gasteiger partial charge in [-0.2, -0.15) is 15.0 Å². The molecule has 0 aliphatic heterocycles. The molecule has 7 heteroatoms. The van der Waals surface area contributed by atoms with Gasteiger partial charge in [0, 0.05) is 12.1 Å². The van der Waals surface area contributed by atoms with Gasteiger partial charge in [-0.1, -0.05) is 12.1 Å². The number of ether oxygens (including phenoxy) is 2. The molecule has 7 nitrogen and oxygen atoms in total. The van der Waals surface area contributed by atoms with Crippen LogP contribution in [-0.4, -0.2) is 40.8 Å². The molecule has 0 radical (unpaired) electrons. The summed E-state index contributed by atoms with van der Waals surface area (Å²) in [4.78, 5) is 13.0. The van der Waals surface area contributed by atoms with Crippen molar-refractivity contribution in [2.24, 2.45) is 0 Å². The number of benzene rings is 2. The van der Waals surface area contributed by atoms with Gasteiger partial charge in [-0.05, 0) is 48.4 Å². The highest BCUT2D eigenvalue weighted by Gasteiger charge is 2.09. The molecular weight excluding hydrogens is 332 g/mol. The van der Waals surface area contributed by atoms with Crippen molar-refractivity contribution < 1.29 is 14.6 Å². The summed E-state index contributed by atoms with van der Waals surface area (Å²) in [5.74, 6) is 1.99. The molecule has 1 heterocycles. The summed E-state index contributed by atoms with van der Waals surface area (Å²) < 4.78 is 10.4. The minimum Gasteiger partial charge on any atom is -0.508 e. The molecule has 0 spiro atoms. The molecule has 3 aromatic rings. The molecule has 0 atom stereocenters. The second kappa shape index (κ2) is 8.15. The van der Waals surface area contributed by atoms with Crippen LogP contribution in [0.25, 0.3) is 11.4 Å². The number of methoxy groups -OCH3 is 2. The van der Waals surface area contributed by atoms with Crippen LogP contribution >= 0.6 is 0 Å². The Morgan fingerprint density at radius 3 is 2.27 bits per heavy atom. The van der Waals surface area contributed by atoms with E-state index in [0.717, 1.165) is 23.3 Å². The van der Waals surface area contributed by atoms with E-state index in [0.29, 0.717) is 18.3 Å². The Morgan fingerprint density at radius 2 is 1.62 bits per heavy atom. The van der Waals surface area contributed by atoms with Crippen LogP contribution < -0.4 is 14.8 Å². The zero-order chi connectivity index (χ0) is 18.4. The van der Waals surface area contributed by atoms with E-state index in [1.807, 2.05) is 36.4 Å². The van der Waals surface area contributed by atoms with Crippen molar-refractivity contribution in [1.29, 1.82) is 0 Å². The van der Waals surface area contributed by atoms with Crippen molar-refractivity contribution in [2.75, 3.05) is 26.1 Å². The van der Waals surface area contributed by atoms with Crippen LogP contribution in [0.15, 0.2) is 48.5 Å². The van der Waals surface area contributed by atoms with Gasteiger partial charge in [0.05, 0.1) is 14.2 Å². The van der Waals surface area contributed by atoms with E-state index in [1.165, 1.54) is 7.11 Å². The zero-order valence-corrected chi connectivity index (χ0v) is 14.6. The summed E-state index contributed by atoms with van der Waals surface area (Å²) in [7, 11) is 3.14. The Morgan fingerprint density at radius 1 is 0.885 bits per heavy atom. The number of phenolic OH excluding ortho intramolecular Hbond substituents is 1. The quantitative estimate of drug-likeness (QED) is 0.676. The van der Waals surface area contributed by atoms with Crippen molar-refractivity contribution in [3.8, 4) is 28.9 Å². The van der Waals surface area contributed by atoms with Gasteiger partial charge in [0.2, 0.25) is 5.95 Å². The van der Waals surface area contributed by atoms with E-state index in [4.69, 9.17) is 9.47 Å². The number of phenols is 1. The van der Waals surface area contributed by atoms with Gasteiger partial charge in [-0.3, -0.25) is 0 Å². The first kappa shape index (κ1) is 17.5. The number of hydrogen-bond acceptors (Lipinski definition) is 7. The molecule has 0 saturated carbocycles. The Hall–Kier alpha value is -3.35. The van der Waals surface area contributed by atoms with Gasteiger partial charge in [0.15, 0.2) is 5.82 Å². The van der Waals surface area contributed by atoms with E-state index < -0.39 is 0 Å². The molecule has 134 valence electrons. The van der Waals surface area contributed by atoms with Crippen LogP contribution in [0, 0.1) is 0 Å². The number of hydrogen-bond donors (Lipinski definition) is 2. The van der Waals surface area contributed by atoms with Crippen molar-refractivity contribution in [1.82, 2.24) is 15.0 Å². The summed E-state index contributed by atoms with van der Waals surface area (Å²) in [5, 5.41) is 12.5. The molecule has 26 heavy (non-hydrogen) atoms. The summed E-state index contributed by atoms with van der Waals surface area (Å²) >= 11 is 0. The molecular formula is C19H20N4O3. The first-order valence-corrected chi connectivity index (χ1v) is 8.14. The summed E-state index contributed by atoms with van der Waals surface area (Å²) in [6.45, 7) is 0.639. The fraction of sp³-hybridized carbons (Fsp3) is 0.211. The molecule has 0 aliphatic carbocycles. The fourth-order valence-corrected chi connectivity index (χ4v) is 2.38. The van der Waals surface area contributed by atoms with Gasteiger partial charge < -0.3 is 19.9 Å². The van der Waals surface area contributed by atoms with Crippen molar-refractivity contribution in [3.05, 3.63) is 54.1 Å². The van der Waals surface area contributed by atoms with Gasteiger partial charge >= 0.3 is 6.01 Å². The number of rotatable bonds is 7. The minimum absolute atomic E-state index is 0.248. The Bertz CT molecular complexity index is 852. The topological polar surface area (TPSA) is 89.4 Å². The average Bonchev–Trinajstić information content (AvgIpc) is 2.69. The largest absolute Gasteiger partial charge is 0.508 e. The van der Waals surface area contributed by atoms with Crippen molar-refractivity contribution in [2.45, 2.75) is 6.42 Å². The highest BCUT2D eigenvalue weighted by atomic mass is 16.5. The maximum atomic E-state index is 9.33. The van der Waals surface area contributed by atoms with E-state index in [2.05, 4.69) is 20.3 Å². The van der Waals surface area contributed by atoms with Crippen LogP contribution in [-0.2, 0) is 6.42 Å². The number of nitrogens with zero attached hydrogens (tertiary/aromatic N) is 3. The first-order valence-electron chi connectivity index (χ1n) is 8.14. The predicted molar refractivity (Wildman–Crippen MR) is 98.7 cm³/mol. The average molecular weight is 352 g/mol. The van der Waals surface area contributed by atoms with Gasteiger partial charge in [-0.25, -0.2) is 0 Å². The lowest BCUT2D eigenvalue weighted by atomic mass is 10.1. The monoisotopic (exact) mass is 352 g/mol. The van der Waals surface area contributed by atoms with Crippen molar-refractivity contribution in [3.63, 3.8) is 0 Å². The SMILES string of the molecule is COc1ccc(-c2nc(NCCc3ccc(O)cc3)nc(OC)n2)cc1. The number of aromatic hydroxyl groups is 1. The predicted octanol–water partition coefficient (Wildman–Crippen LogP) is 2.92. The van der Waals surface area contributed by atoms with Crippen LogP contribution in [0.3, 0.4) is 0 Å².